The number of ether oxygens (including phenoxy) is 1. The fraction of sp³-hybridized carbons (Fsp3) is 0.583. The molecule has 1 fully saturated rings. The van der Waals surface area contributed by atoms with Gasteiger partial charge in [-0.05, 0) is 12.1 Å². The van der Waals surface area contributed by atoms with Gasteiger partial charge in [-0.2, -0.15) is 0 Å². The quantitative estimate of drug-likeness (QED) is 0.684. The van der Waals surface area contributed by atoms with Crippen LogP contribution in [0.25, 0.3) is 0 Å². The van der Waals surface area contributed by atoms with Gasteiger partial charge in [0.25, 0.3) is 0 Å². The summed E-state index contributed by atoms with van der Waals surface area (Å²) in [5.74, 6) is -1.01. The van der Waals surface area contributed by atoms with Gasteiger partial charge in [-0.25, -0.2) is 13.1 Å². The highest BCUT2D eigenvalue weighted by Crippen LogP contribution is 2.24. The van der Waals surface area contributed by atoms with Gasteiger partial charge in [0.1, 0.15) is 4.21 Å². The normalized spacial score (nSPS) is 18.5. The van der Waals surface area contributed by atoms with Gasteiger partial charge >= 0.3 is 5.97 Å². The van der Waals surface area contributed by atoms with E-state index in [2.05, 4.69) is 4.72 Å². The lowest BCUT2D eigenvalue weighted by atomic mass is 9.95. The Kier molecular flexibility index (Phi) is 4.99. The van der Waals surface area contributed by atoms with Gasteiger partial charge in [-0.15, -0.1) is 11.3 Å². The molecule has 2 heterocycles. The van der Waals surface area contributed by atoms with Crippen molar-refractivity contribution in [1.29, 1.82) is 0 Å². The van der Waals surface area contributed by atoms with Crippen LogP contribution in [-0.2, 0) is 26.0 Å². The number of aliphatic hydroxyl groups is 1. The van der Waals surface area contributed by atoms with E-state index in [4.69, 9.17) is 9.84 Å². The lowest BCUT2D eigenvalue weighted by Gasteiger charge is -2.31. The maximum absolute atomic E-state index is 12.1. The topological polar surface area (TPSA) is 113 Å². The standard InChI is InChI=1S/C12H17NO6S2/c14-10(15)7-9-1-2-11(20-9)21(17,18)13-8-12(16)3-5-19-6-4-12/h1-2,13,16H,3-8H2,(H,14,15). The number of hydrogen-bond acceptors (Lipinski definition) is 6. The second kappa shape index (κ2) is 6.41. The average Bonchev–Trinajstić information content (AvgIpc) is 2.86. The van der Waals surface area contributed by atoms with E-state index in [1.165, 1.54) is 12.1 Å². The molecule has 0 radical (unpaired) electrons. The molecule has 1 aromatic heterocycles. The Labute approximate surface area is 126 Å². The molecule has 7 nitrogen and oxygen atoms in total. The summed E-state index contributed by atoms with van der Waals surface area (Å²) in [6, 6.07) is 2.86. The van der Waals surface area contributed by atoms with Crippen molar-refractivity contribution in [3.05, 3.63) is 17.0 Å². The maximum atomic E-state index is 12.1. The Bertz CT molecular complexity index is 603. The summed E-state index contributed by atoms with van der Waals surface area (Å²) < 4.78 is 31.8. The van der Waals surface area contributed by atoms with Crippen LogP contribution in [0.1, 0.15) is 17.7 Å². The zero-order valence-corrected chi connectivity index (χ0v) is 12.9. The van der Waals surface area contributed by atoms with Crippen LogP contribution in [0, 0.1) is 0 Å². The van der Waals surface area contributed by atoms with E-state index < -0.39 is 21.6 Å². The van der Waals surface area contributed by atoms with Gasteiger partial charge in [-0.3, -0.25) is 4.79 Å². The van der Waals surface area contributed by atoms with Gasteiger partial charge in [0.2, 0.25) is 10.0 Å². The van der Waals surface area contributed by atoms with Crippen molar-refractivity contribution in [3.63, 3.8) is 0 Å². The Morgan fingerprint density at radius 3 is 2.67 bits per heavy atom. The molecule has 118 valence electrons. The summed E-state index contributed by atoms with van der Waals surface area (Å²) in [4.78, 5) is 11.1. The molecule has 0 aromatic carbocycles. The maximum Gasteiger partial charge on any atom is 0.308 e. The third kappa shape index (κ3) is 4.48. The molecule has 0 bridgehead atoms. The molecule has 0 atom stereocenters. The van der Waals surface area contributed by atoms with Gasteiger partial charge in [0.15, 0.2) is 0 Å². The zero-order chi connectivity index (χ0) is 15.5. The Hall–Kier alpha value is -1.00. The first-order valence-electron chi connectivity index (χ1n) is 6.41. The van der Waals surface area contributed by atoms with E-state index in [1.807, 2.05) is 0 Å². The molecule has 1 saturated heterocycles. The molecule has 1 aliphatic rings. The van der Waals surface area contributed by atoms with Crippen LogP contribution in [0.3, 0.4) is 0 Å². The molecule has 2 rings (SSSR count). The first-order chi connectivity index (χ1) is 9.81. The lowest BCUT2D eigenvalue weighted by Crippen LogP contribution is -2.46. The number of thiophene rings is 1. The second-order valence-corrected chi connectivity index (χ2v) is 8.11. The molecule has 1 aromatic rings. The summed E-state index contributed by atoms with van der Waals surface area (Å²) in [6.07, 6.45) is 0.552. The van der Waals surface area contributed by atoms with E-state index in [0.717, 1.165) is 11.3 Å². The minimum Gasteiger partial charge on any atom is -0.481 e. The smallest absolute Gasteiger partial charge is 0.308 e. The van der Waals surface area contributed by atoms with Gasteiger partial charge in [-0.1, -0.05) is 0 Å². The number of hydrogen-bond donors (Lipinski definition) is 3. The first kappa shape index (κ1) is 16.4. The molecular formula is C12H17NO6S2. The summed E-state index contributed by atoms with van der Waals surface area (Å²) in [5, 5.41) is 18.9. The van der Waals surface area contributed by atoms with E-state index in [0.29, 0.717) is 30.9 Å². The number of carboxylic acids is 1. The molecular weight excluding hydrogens is 318 g/mol. The zero-order valence-electron chi connectivity index (χ0n) is 11.2. The fourth-order valence-electron chi connectivity index (χ4n) is 1.98. The predicted octanol–water partition coefficient (Wildman–Crippen LogP) is 0.195. The second-order valence-electron chi connectivity index (χ2n) is 4.95. The van der Waals surface area contributed by atoms with Gasteiger partial charge in [0, 0.05) is 37.5 Å². The van der Waals surface area contributed by atoms with Crippen molar-refractivity contribution in [3.8, 4) is 0 Å². The molecule has 0 unspecified atom stereocenters. The average molecular weight is 335 g/mol. The van der Waals surface area contributed by atoms with Crippen molar-refractivity contribution in [1.82, 2.24) is 4.72 Å². The lowest BCUT2D eigenvalue weighted by molar-refractivity contribution is -0.136. The number of nitrogens with one attached hydrogen (secondary N) is 1. The molecule has 0 amide bonds. The number of carbonyl (C=O) groups is 1. The minimum atomic E-state index is -3.74. The van der Waals surface area contributed by atoms with Crippen molar-refractivity contribution >= 4 is 27.3 Å². The molecule has 3 N–H and O–H groups in total. The third-order valence-corrected chi connectivity index (χ3v) is 6.22. The number of carboxylic acid groups (broad SMARTS) is 1. The van der Waals surface area contributed by atoms with Crippen molar-refractivity contribution in [2.75, 3.05) is 19.8 Å². The highest BCUT2D eigenvalue weighted by atomic mass is 32.2. The molecule has 21 heavy (non-hydrogen) atoms. The van der Waals surface area contributed by atoms with Crippen LogP contribution >= 0.6 is 11.3 Å². The van der Waals surface area contributed by atoms with Gasteiger partial charge < -0.3 is 14.9 Å². The number of rotatable bonds is 6. The number of sulfonamides is 1. The van der Waals surface area contributed by atoms with Crippen LogP contribution in [0.4, 0.5) is 0 Å². The Morgan fingerprint density at radius 1 is 1.38 bits per heavy atom. The van der Waals surface area contributed by atoms with Crippen molar-refractivity contribution < 1.29 is 28.2 Å². The van der Waals surface area contributed by atoms with Crippen LogP contribution in [-0.4, -0.2) is 50.0 Å². The Morgan fingerprint density at radius 2 is 2.05 bits per heavy atom. The van der Waals surface area contributed by atoms with E-state index in [-0.39, 0.29) is 17.2 Å². The summed E-state index contributed by atoms with van der Waals surface area (Å²) >= 11 is 0.916. The van der Waals surface area contributed by atoms with E-state index in [9.17, 15) is 18.3 Å². The monoisotopic (exact) mass is 335 g/mol. The first-order valence-corrected chi connectivity index (χ1v) is 8.71. The van der Waals surface area contributed by atoms with E-state index >= 15 is 0 Å². The predicted molar refractivity (Wildman–Crippen MR) is 75.9 cm³/mol. The van der Waals surface area contributed by atoms with Crippen molar-refractivity contribution in [2.45, 2.75) is 29.1 Å². The molecule has 1 aliphatic heterocycles. The third-order valence-electron chi connectivity index (χ3n) is 3.24. The molecule has 9 heteroatoms. The van der Waals surface area contributed by atoms with E-state index in [1.54, 1.807) is 0 Å². The minimum absolute atomic E-state index is 0.0504. The van der Waals surface area contributed by atoms with Crippen LogP contribution in [0.15, 0.2) is 16.3 Å². The molecule has 0 spiro atoms. The summed E-state index contributed by atoms with van der Waals surface area (Å²) in [6.45, 7) is 0.727. The van der Waals surface area contributed by atoms with Crippen molar-refractivity contribution in [2.24, 2.45) is 0 Å². The summed E-state index contributed by atoms with van der Waals surface area (Å²) in [5.41, 5.74) is -1.09. The molecule has 0 aliphatic carbocycles. The highest BCUT2D eigenvalue weighted by Gasteiger charge is 2.31. The molecule has 0 saturated carbocycles. The van der Waals surface area contributed by atoms with Crippen LogP contribution in [0.5, 0.6) is 0 Å². The highest BCUT2D eigenvalue weighted by molar-refractivity contribution is 7.91. The Balaban J connectivity index is 2.01. The summed E-state index contributed by atoms with van der Waals surface area (Å²) in [7, 11) is -3.74. The number of aliphatic carboxylic acids is 1. The van der Waals surface area contributed by atoms with Crippen LogP contribution in [0.2, 0.25) is 0 Å². The SMILES string of the molecule is O=C(O)Cc1ccc(S(=O)(=O)NCC2(O)CCOCC2)s1. The van der Waals surface area contributed by atoms with Crippen LogP contribution < -0.4 is 4.72 Å². The fourth-order valence-corrected chi connectivity index (χ4v) is 4.49. The van der Waals surface area contributed by atoms with Gasteiger partial charge in [0.05, 0.1) is 12.0 Å². The largest absolute Gasteiger partial charge is 0.481 e.